The number of rotatable bonds is 7. The van der Waals surface area contributed by atoms with E-state index < -0.39 is 0 Å². The molecule has 0 radical (unpaired) electrons. The number of ether oxygens (including phenoxy) is 1. The van der Waals surface area contributed by atoms with Crippen LogP contribution in [0.4, 0.5) is 0 Å². The van der Waals surface area contributed by atoms with Crippen molar-refractivity contribution in [2.45, 2.75) is 39.0 Å². The second-order valence-electron chi connectivity index (χ2n) is 7.04. The average molecular weight is 397 g/mol. The van der Waals surface area contributed by atoms with Gasteiger partial charge in [-0.15, -0.1) is 0 Å². The molecule has 0 saturated heterocycles. The van der Waals surface area contributed by atoms with Crippen molar-refractivity contribution >= 4 is 5.91 Å². The lowest BCUT2D eigenvalue weighted by Gasteiger charge is -2.14. The van der Waals surface area contributed by atoms with Crippen molar-refractivity contribution in [2.24, 2.45) is 0 Å². The molecule has 0 spiro atoms. The number of nitrogens with zero attached hydrogens (tertiary/aromatic N) is 4. The summed E-state index contributed by atoms with van der Waals surface area (Å²) in [5.41, 5.74) is 4.32. The van der Waals surface area contributed by atoms with E-state index in [2.05, 4.69) is 20.6 Å². The predicted octanol–water partition coefficient (Wildman–Crippen LogP) is 1.80. The van der Waals surface area contributed by atoms with Crippen molar-refractivity contribution in [3.05, 3.63) is 52.7 Å². The zero-order valence-electron chi connectivity index (χ0n) is 16.4. The highest BCUT2D eigenvalue weighted by Crippen LogP contribution is 2.34. The van der Waals surface area contributed by atoms with Crippen LogP contribution in [0.25, 0.3) is 11.4 Å². The fourth-order valence-corrected chi connectivity index (χ4v) is 3.65. The normalized spacial score (nSPS) is 15.5. The molecule has 1 amide bonds. The molecule has 3 aromatic rings. The molecule has 0 saturated carbocycles. The summed E-state index contributed by atoms with van der Waals surface area (Å²) in [5.74, 6) is 0.806. The number of methoxy groups -OCH3 is 1. The van der Waals surface area contributed by atoms with Crippen molar-refractivity contribution in [3.63, 3.8) is 0 Å². The first-order valence-electron chi connectivity index (χ1n) is 9.49. The summed E-state index contributed by atoms with van der Waals surface area (Å²) in [6.07, 6.45) is 3.36. The van der Waals surface area contributed by atoms with Gasteiger partial charge in [-0.25, -0.2) is 0 Å². The largest absolute Gasteiger partial charge is 0.394 e. The molecule has 2 heterocycles. The molecular weight excluding hydrogens is 374 g/mol. The zero-order valence-corrected chi connectivity index (χ0v) is 16.4. The molecule has 1 aromatic carbocycles. The maximum atomic E-state index is 12.7. The molecule has 4 rings (SSSR count). The van der Waals surface area contributed by atoms with Crippen molar-refractivity contribution in [3.8, 4) is 11.4 Å². The van der Waals surface area contributed by atoms with Crippen LogP contribution in [0.3, 0.4) is 0 Å². The van der Waals surface area contributed by atoms with Crippen LogP contribution in [0.5, 0.6) is 0 Å². The van der Waals surface area contributed by atoms with Gasteiger partial charge in [-0.1, -0.05) is 17.3 Å². The fourth-order valence-electron chi connectivity index (χ4n) is 3.65. The molecule has 1 aliphatic carbocycles. The highest BCUT2D eigenvalue weighted by Gasteiger charge is 2.26. The minimum atomic E-state index is -0.156. The van der Waals surface area contributed by atoms with E-state index in [0.29, 0.717) is 29.5 Å². The van der Waals surface area contributed by atoms with Gasteiger partial charge in [-0.3, -0.25) is 9.48 Å². The standard InChI is InChI=1S/C20H23N5O4/c1-12-16(10-25(23-12)7-8-26)20(27)21-17-6-4-13-9-14(3-5-15(13)17)19-22-18(11-28-2)29-24-19/h3,5,9-10,17,26H,4,6-8,11H2,1-2H3,(H,21,27). The van der Waals surface area contributed by atoms with Crippen molar-refractivity contribution in [1.29, 1.82) is 0 Å². The molecule has 0 aliphatic heterocycles. The van der Waals surface area contributed by atoms with E-state index in [4.69, 9.17) is 14.4 Å². The predicted molar refractivity (Wildman–Crippen MR) is 103 cm³/mol. The Labute approximate surface area is 167 Å². The van der Waals surface area contributed by atoms with Crippen LogP contribution in [0.15, 0.2) is 28.9 Å². The Hall–Kier alpha value is -3.04. The van der Waals surface area contributed by atoms with Gasteiger partial charge in [0.05, 0.1) is 30.5 Å². The number of aromatic nitrogens is 4. The lowest BCUT2D eigenvalue weighted by Crippen LogP contribution is -2.27. The number of aliphatic hydroxyl groups excluding tert-OH is 1. The van der Waals surface area contributed by atoms with Crippen LogP contribution < -0.4 is 5.32 Å². The number of amides is 1. The SMILES string of the molecule is COCc1nc(-c2ccc3c(c2)CCC3NC(=O)c2cn(CCO)nc2C)no1. The Bertz CT molecular complexity index is 1030. The topological polar surface area (TPSA) is 115 Å². The lowest BCUT2D eigenvalue weighted by molar-refractivity contribution is 0.0936. The number of carbonyl (C=O) groups excluding carboxylic acids is 1. The first-order valence-corrected chi connectivity index (χ1v) is 9.49. The van der Waals surface area contributed by atoms with Crippen molar-refractivity contribution < 1.29 is 19.2 Å². The minimum Gasteiger partial charge on any atom is -0.394 e. The van der Waals surface area contributed by atoms with Crippen molar-refractivity contribution in [1.82, 2.24) is 25.2 Å². The molecule has 0 fully saturated rings. The lowest BCUT2D eigenvalue weighted by atomic mass is 10.0. The summed E-state index contributed by atoms with van der Waals surface area (Å²) in [6.45, 7) is 2.42. The number of hydrogen-bond donors (Lipinski definition) is 2. The number of carbonyl (C=O) groups is 1. The Balaban J connectivity index is 1.49. The molecule has 29 heavy (non-hydrogen) atoms. The molecule has 2 aromatic heterocycles. The Morgan fingerprint density at radius 1 is 1.45 bits per heavy atom. The molecule has 1 atom stereocenters. The van der Waals surface area contributed by atoms with E-state index >= 15 is 0 Å². The summed E-state index contributed by atoms with van der Waals surface area (Å²) in [4.78, 5) is 17.1. The highest BCUT2D eigenvalue weighted by molar-refractivity contribution is 5.95. The van der Waals surface area contributed by atoms with Gasteiger partial charge in [0.2, 0.25) is 5.82 Å². The summed E-state index contributed by atoms with van der Waals surface area (Å²) >= 11 is 0. The van der Waals surface area contributed by atoms with Crippen LogP contribution in [0.1, 0.15) is 45.5 Å². The molecular formula is C20H23N5O4. The number of benzene rings is 1. The van der Waals surface area contributed by atoms with Crippen LogP contribution in [0.2, 0.25) is 0 Å². The summed E-state index contributed by atoms with van der Waals surface area (Å²) in [6, 6.07) is 5.95. The summed E-state index contributed by atoms with van der Waals surface area (Å²) in [7, 11) is 1.58. The van der Waals surface area contributed by atoms with Crippen molar-refractivity contribution in [2.75, 3.05) is 13.7 Å². The van der Waals surface area contributed by atoms with E-state index in [1.807, 2.05) is 18.2 Å². The molecule has 9 nitrogen and oxygen atoms in total. The van der Waals surface area contributed by atoms with Crippen LogP contribution >= 0.6 is 0 Å². The first kappa shape index (κ1) is 19.3. The maximum absolute atomic E-state index is 12.7. The van der Waals surface area contributed by atoms with Gasteiger partial charge in [0, 0.05) is 18.9 Å². The molecule has 152 valence electrons. The van der Waals surface area contributed by atoms with Gasteiger partial charge in [0.1, 0.15) is 6.61 Å². The third kappa shape index (κ3) is 3.92. The van der Waals surface area contributed by atoms with E-state index in [1.165, 1.54) is 5.56 Å². The van der Waals surface area contributed by atoms with E-state index in [0.717, 1.165) is 24.0 Å². The smallest absolute Gasteiger partial charge is 0.255 e. The first-order chi connectivity index (χ1) is 14.1. The third-order valence-electron chi connectivity index (χ3n) is 5.04. The van der Waals surface area contributed by atoms with Gasteiger partial charge in [-0.05, 0) is 37.0 Å². The van der Waals surface area contributed by atoms with Gasteiger partial charge in [-0.2, -0.15) is 10.1 Å². The number of hydrogen-bond acceptors (Lipinski definition) is 7. The molecule has 1 unspecified atom stereocenters. The van der Waals surface area contributed by atoms with Crippen LogP contribution in [-0.2, 0) is 24.3 Å². The Kier molecular flexibility index (Phi) is 5.41. The second-order valence-corrected chi connectivity index (χ2v) is 7.04. The van der Waals surface area contributed by atoms with Gasteiger partial charge in [0.25, 0.3) is 11.8 Å². The number of nitrogens with one attached hydrogen (secondary N) is 1. The maximum Gasteiger partial charge on any atom is 0.255 e. The Morgan fingerprint density at radius 3 is 3.10 bits per heavy atom. The van der Waals surface area contributed by atoms with Gasteiger partial charge >= 0.3 is 0 Å². The quantitative estimate of drug-likeness (QED) is 0.624. The number of aliphatic hydroxyl groups is 1. The highest BCUT2D eigenvalue weighted by atomic mass is 16.5. The number of aryl methyl sites for hydroxylation is 2. The summed E-state index contributed by atoms with van der Waals surface area (Å²) in [5, 5.41) is 20.4. The van der Waals surface area contributed by atoms with E-state index in [-0.39, 0.29) is 25.2 Å². The molecule has 2 N–H and O–H groups in total. The summed E-state index contributed by atoms with van der Waals surface area (Å²) < 4.78 is 11.8. The van der Waals surface area contributed by atoms with E-state index in [9.17, 15) is 4.79 Å². The van der Waals surface area contributed by atoms with Crippen LogP contribution in [0, 0.1) is 6.92 Å². The third-order valence-corrected chi connectivity index (χ3v) is 5.04. The zero-order chi connectivity index (χ0) is 20.4. The minimum absolute atomic E-state index is 0.0200. The van der Waals surface area contributed by atoms with E-state index in [1.54, 1.807) is 24.9 Å². The number of fused-ring (bicyclic) bond motifs is 1. The molecule has 0 bridgehead atoms. The average Bonchev–Trinajstić information content (AvgIpc) is 3.41. The fraction of sp³-hybridized carbons (Fsp3) is 0.400. The van der Waals surface area contributed by atoms with Gasteiger partial charge in [0.15, 0.2) is 0 Å². The van der Waals surface area contributed by atoms with Crippen LogP contribution in [-0.4, -0.2) is 44.7 Å². The second kappa shape index (κ2) is 8.14. The Morgan fingerprint density at radius 2 is 2.31 bits per heavy atom. The monoisotopic (exact) mass is 397 g/mol. The van der Waals surface area contributed by atoms with Gasteiger partial charge < -0.3 is 19.7 Å². The molecule has 1 aliphatic rings. The molecule has 9 heteroatoms.